The lowest BCUT2D eigenvalue weighted by atomic mass is 10.3. The average Bonchev–Trinajstić information content (AvgIpc) is 2.33. The average molecular weight is 258 g/mol. The maximum absolute atomic E-state index is 13.3. The molecule has 0 atom stereocenters. The van der Waals surface area contributed by atoms with E-state index in [0.29, 0.717) is 17.3 Å². The molecule has 0 bridgehead atoms. The van der Waals surface area contributed by atoms with Crippen molar-refractivity contribution in [3.8, 4) is 0 Å². The zero-order valence-corrected chi connectivity index (χ0v) is 10.5. The van der Waals surface area contributed by atoms with Crippen molar-refractivity contribution in [3.05, 3.63) is 30.1 Å². The van der Waals surface area contributed by atoms with E-state index in [1.807, 2.05) is 0 Å². The van der Waals surface area contributed by atoms with E-state index in [9.17, 15) is 4.39 Å². The van der Waals surface area contributed by atoms with Crippen molar-refractivity contribution in [1.29, 1.82) is 0 Å². The Kier molecular flexibility index (Phi) is 5.82. The summed E-state index contributed by atoms with van der Waals surface area (Å²) in [6, 6.07) is 6.30. The zero-order chi connectivity index (χ0) is 12.7. The van der Waals surface area contributed by atoms with Gasteiger partial charge in [-0.25, -0.2) is 4.39 Å². The van der Waals surface area contributed by atoms with E-state index in [-0.39, 0.29) is 5.82 Å². The van der Waals surface area contributed by atoms with Crippen LogP contribution in [0.25, 0.3) is 0 Å². The minimum absolute atomic E-state index is 0.314. The molecule has 0 aliphatic rings. The summed E-state index contributed by atoms with van der Waals surface area (Å²) in [7, 11) is 3.06. The molecule has 0 aliphatic heterocycles. The molecule has 0 aliphatic carbocycles. The van der Waals surface area contributed by atoms with Gasteiger partial charge in [0.2, 0.25) is 0 Å². The van der Waals surface area contributed by atoms with Crippen LogP contribution in [-0.4, -0.2) is 32.2 Å². The molecule has 0 radical (unpaired) electrons. The van der Waals surface area contributed by atoms with Crippen LogP contribution in [0.4, 0.5) is 10.1 Å². The van der Waals surface area contributed by atoms with Gasteiger partial charge in [-0.3, -0.25) is 0 Å². The van der Waals surface area contributed by atoms with Crippen LogP contribution >= 0.6 is 12.2 Å². The van der Waals surface area contributed by atoms with Crippen LogP contribution in [0.15, 0.2) is 24.3 Å². The molecule has 0 fully saturated rings. The molecule has 6 heteroatoms. The van der Waals surface area contributed by atoms with Crippen molar-refractivity contribution in [2.24, 2.45) is 0 Å². The van der Waals surface area contributed by atoms with E-state index in [1.165, 1.54) is 20.3 Å². The number of anilines is 1. The molecule has 1 rings (SSSR count). The molecule has 17 heavy (non-hydrogen) atoms. The van der Waals surface area contributed by atoms with Crippen molar-refractivity contribution in [1.82, 2.24) is 5.32 Å². The van der Waals surface area contributed by atoms with Crippen molar-refractivity contribution < 1.29 is 13.9 Å². The maximum atomic E-state index is 13.3. The molecule has 0 heterocycles. The number of thiocarbonyl (C=S) groups is 1. The third kappa shape index (κ3) is 4.64. The number of benzene rings is 1. The largest absolute Gasteiger partial charge is 0.357 e. The first-order chi connectivity index (χ1) is 8.17. The van der Waals surface area contributed by atoms with Gasteiger partial charge in [-0.1, -0.05) is 12.1 Å². The van der Waals surface area contributed by atoms with Gasteiger partial charge >= 0.3 is 0 Å². The van der Waals surface area contributed by atoms with Gasteiger partial charge in [0, 0.05) is 14.2 Å². The van der Waals surface area contributed by atoms with Gasteiger partial charge in [0.15, 0.2) is 11.4 Å². The Balaban J connectivity index is 2.42. The minimum atomic E-state index is -0.393. The van der Waals surface area contributed by atoms with Gasteiger partial charge in [0.1, 0.15) is 5.82 Å². The summed E-state index contributed by atoms with van der Waals surface area (Å²) < 4.78 is 23.2. The third-order valence-electron chi connectivity index (χ3n) is 2.08. The number of halogens is 1. The fourth-order valence-electron chi connectivity index (χ4n) is 1.17. The summed E-state index contributed by atoms with van der Waals surface area (Å²) in [4.78, 5) is 0. The van der Waals surface area contributed by atoms with Crippen LogP contribution in [0, 0.1) is 5.82 Å². The molecule has 1 aromatic rings. The van der Waals surface area contributed by atoms with Crippen molar-refractivity contribution in [2.75, 3.05) is 26.1 Å². The van der Waals surface area contributed by atoms with E-state index in [4.69, 9.17) is 21.7 Å². The molecule has 0 saturated carbocycles. The second kappa shape index (κ2) is 7.16. The van der Waals surface area contributed by atoms with E-state index in [0.717, 1.165) is 0 Å². The lowest BCUT2D eigenvalue weighted by molar-refractivity contribution is -0.0964. The monoisotopic (exact) mass is 258 g/mol. The Morgan fingerprint density at radius 1 is 1.35 bits per heavy atom. The number of ether oxygens (including phenoxy) is 2. The summed E-state index contributed by atoms with van der Waals surface area (Å²) in [5, 5.41) is 5.93. The first-order valence-electron chi connectivity index (χ1n) is 5.02. The number of nitrogens with one attached hydrogen (secondary N) is 2. The van der Waals surface area contributed by atoms with Crippen molar-refractivity contribution in [3.63, 3.8) is 0 Å². The van der Waals surface area contributed by atoms with Crippen molar-refractivity contribution >= 4 is 23.0 Å². The predicted octanol–water partition coefficient (Wildman–Crippen LogP) is 1.73. The molecule has 0 saturated heterocycles. The van der Waals surface area contributed by atoms with Gasteiger partial charge < -0.3 is 20.1 Å². The topological polar surface area (TPSA) is 42.5 Å². The fourth-order valence-corrected chi connectivity index (χ4v) is 1.36. The standard InChI is InChI=1S/C11H15FN2O2S/c1-15-10(16-2)7-13-11(17)14-9-6-4-3-5-8(9)12/h3-6,10H,7H2,1-2H3,(H2,13,14,17). The van der Waals surface area contributed by atoms with E-state index < -0.39 is 6.29 Å². The zero-order valence-electron chi connectivity index (χ0n) is 9.70. The lowest BCUT2D eigenvalue weighted by Crippen LogP contribution is -2.36. The molecule has 0 spiro atoms. The van der Waals surface area contributed by atoms with E-state index in [2.05, 4.69) is 10.6 Å². The smallest absolute Gasteiger partial charge is 0.174 e. The molecule has 0 aromatic heterocycles. The number of hydrogen-bond acceptors (Lipinski definition) is 3. The third-order valence-corrected chi connectivity index (χ3v) is 2.32. The Hall–Kier alpha value is -1.24. The van der Waals surface area contributed by atoms with Crippen LogP contribution in [-0.2, 0) is 9.47 Å². The Morgan fingerprint density at radius 2 is 2.00 bits per heavy atom. The molecule has 4 nitrogen and oxygen atoms in total. The molecule has 1 aromatic carbocycles. The van der Waals surface area contributed by atoms with Gasteiger partial charge in [-0.15, -0.1) is 0 Å². The highest BCUT2D eigenvalue weighted by Gasteiger charge is 2.07. The summed E-state index contributed by atoms with van der Waals surface area (Å²) in [5.74, 6) is -0.355. The first-order valence-corrected chi connectivity index (χ1v) is 5.43. The lowest BCUT2D eigenvalue weighted by Gasteiger charge is -2.16. The number of rotatable bonds is 5. The molecule has 94 valence electrons. The highest BCUT2D eigenvalue weighted by molar-refractivity contribution is 7.80. The highest BCUT2D eigenvalue weighted by Crippen LogP contribution is 2.11. The summed E-state index contributed by atoms with van der Waals surface area (Å²) in [6.07, 6.45) is -0.393. The van der Waals surface area contributed by atoms with Gasteiger partial charge in [-0.05, 0) is 24.4 Å². The van der Waals surface area contributed by atoms with E-state index in [1.54, 1.807) is 18.2 Å². The van der Waals surface area contributed by atoms with Crippen LogP contribution in [0.5, 0.6) is 0 Å². The number of para-hydroxylation sites is 1. The summed E-state index contributed by atoms with van der Waals surface area (Å²) >= 11 is 5.01. The van der Waals surface area contributed by atoms with Gasteiger partial charge in [-0.2, -0.15) is 0 Å². The molecule has 0 unspecified atom stereocenters. The Labute approximate surface area is 105 Å². The first kappa shape index (κ1) is 13.8. The molecular weight excluding hydrogens is 243 g/mol. The molecule has 2 N–H and O–H groups in total. The molecule has 0 amide bonds. The normalized spacial score (nSPS) is 10.4. The SMILES string of the molecule is COC(CNC(=S)Nc1ccccc1F)OC. The highest BCUT2D eigenvalue weighted by atomic mass is 32.1. The maximum Gasteiger partial charge on any atom is 0.174 e. The summed E-state index contributed by atoms with van der Waals surface area (Å²) in [5.41, 5.74) is 0.330. The fraction of sp³-hybridized carbons (Fsp3) is 0.364. The van der Waals surface area contributed by atoms with Crippen LogP contribution in [0.1, 0.15) is 0 Å². The van der Waals surface area contributed by atoms with Crippen LogP contribution < -0.4 is 10.6 Å². The predicted molar refractivity (Wildman–Crippen MR) is 68.4 cm³/mol. The van der Waals surface area contributed by atoms with Gasteiger partial charge in [0.25, 0.3) is 0 Å². The number of methoxy groups -OCH3 is 2. The second-order valence-electron chi connectivity index (χ2n) is 3.22. The second-order valence-corrected chi connectivity index (χ2v) is 3.62. The van der Waals surface area contributed by atoms with Crippen molar-refractivity contribution in [2.45, 2.75) is 6.29 Å². The Morgan fingerprint density at radius 3 is 2.59 bits per heavy atom. The quantitative estimate of drug-likeness (QED) is 0.622. The van der Waals surface area contributed by atoms with Crippen LogP contribution in [0.3, 0.4) is 0 Å². The Bertz CT molecular complexity index is 372. The van der Waals surface area contributed by atoms with Crippen LogP contribution in [0.2, 0.25) is 0 Å². The number of hydrogen-bond donors (Lipinski definition) is 2. The minimum Gasteiger partial charge on any atom is -0.357 e. The van der Waals surface area contributed by atoms with E-state index >= 15 is 0 Å². The molecular formula is C11H15FN2O2S. The van der Waals surface area contributed by atoms with Gasteiger partial charge in [0.05, 0.1) is 12.2 Å². The summed E-state index contributed by atoms with van der Waals surface area (Å²) in [6.45, 7) is 0.382.